The van der Waals surface area contributed by atoms with Crippen molar-refractivity contribution >= 4 is 38.5 Å². The summed E-state index contributed by atoms with van der Waals surface area (Å²) in [6.07, 6.45) is 0. The Labute approximate surface area is 204 Å². The summed E-state index contributed by atoms with van der Waals surface area (Å²) in [5, 5.41) is 3.32. The maximum atomic E-state index is 12.9. The third kappa shape index (κ3) is 5.56. The average Bonchev–Trinajstić information content (AvgIpc) is 3.19. The van der Waals surface area contributed by atoms with Crippen molar-refractivity contribution in [1.29, 1.82) is 0 Å². The average molecular weight is 481 g/mol. The van der Waals surface area contributed by atoms with E-state index in [0.29, 0.717) is 16.4 Å². The maximum absolute atomic E-state index is 12.9. The van der Waals surface area contributed by atoms with Crippen LogP contribution in [0.3, 0.4) is 0 Å². The van der Waals surface area contributed by atoms with Crippen LogP contribution in [-0.2, 0) is 10.2 Å². The molecule has 0 aliphatic carbocycles. The maximum Gasteiger partial charge on any atom is 0.264 e. The Morgan fingerprint density at radius 1 is 1.09 bits per heavy atom. The van der Waals surface area contributed by atoms with Crippen molar-refractivity contribution in [2.24, 2.45) is 0 Å². The molecule has 1 fully saturated rings. The summed E-state index contributed by atoms with van der Waals surface area (Å²) in [5.74, 6) is 0.480. The Hall–Kier alpha value is -2.97. The van der Waals surface area contributed by atoms with E-state index in [1.54, 1.807) is 0 Å². The number of hydrogen-bond donors (Lipinski definition) is 1. The number of nitrogens with one attached hydrogen (secondary N) is 1. The number of aryl methyl sites for hydroxylation is 1. The predicted molar refractivity (Wildman–Crippen MR) is 137 cm³/mol. The first kappa shape index (κ1) is 24.2. The Morgan fingerprint density at radius 3 is 2.53 bits per heavy atom. The fraction of sp³-hybridized carbons (Fsp3) is 0.423. The summed E-state index contributed by atoms with van der Waals surface area (Å²) in [4.78, 5) is 34.0. The quantitative estimate of drug-likeness (QED) is 0.589. The normalized spacial score (nSPS) is 14.9. The fourth-order valence-electron chi connectivity index (χ4n) is 3.96. The van der Waals surface area contributed by atoms with Crippen LogP contribution >= 0.6 is 11.3 Å². The first-order chi connectivity index (χ1) is 16.1. The number of anilines is 1. The van der Waals surface area contributed by atoms with E-state index in [-0.39, 0.29) is 23.8 Å². The molecule has 34 heavy (non-hydrogen) atoms. The summed E-state index contributed by atoms with van der Waals surface area (Å²) in [6, 6.07) is 11.5. The van der Waals surface area contributed by atoms with E-state index in [4.69, 9.17) is 4.74 Å². The molecule has 1 aliphatic rings. The lowest BCUT2D eigenvalue weighted by Gasteiger charge is -2.32. The van der Waals surface area contributed by atoms with Crippen molar-refractivity contribution in [3.8, 4) is 5.75 Å². The predicted octanol–water partition coefficient (Wildman–Crippen LogP) is 4.31. The number of carbonyl (C=O) groups is 2. The van der Waals surface area contributed by atoms with E-state index in [1.165, 1.54) is 11.3 Å². The van der Waals surface area contributed by atoms with E-state index in [2.05, 4.69) is 49.1 Å². The molecule has 4 rings (SSSR count). The van der Waals surface area contributed by atoms with E-state index in [0.717, 1.165) is 47.5 Å². The molecule has 2 amide bonds. The molecule has 1 aliphatic heterocycles. The highest BCUT2D eigenvalue weighted by molar-refractivity contribution is 7.22. The van der Waals surface area contributed by atoms with Crippen LogP contribution in [0.25, 0.3) is 10.2 Å². The van der Waals surface area contributed by atoms with Crippen molar-refractivity contribution in [3.05, 3.63) is 53.1 Å². The molecular weight excluding hydrogens is 448 g/mol. The molecule has 0 saturated carbocycles. The molecule has 0 atom stereocenters. The number of thiazole rings is 1. The third-order valence-corrected chi connectivity index (χ3v) is 6.91. The van der Waals surface area contributed by atoms with Crippen LogP contribution in [0.2, 0.25) is 0 Å². The van der Waals surface area contributed by atoms with Gasteiger partial charge in [0.2, 0.25) is 0 Å². The molecule has 2 heterocycles. The molecule has 180 valence electrons. The van der Waals surface area contributed by atoms with Gasteiger partial charge in [0.15, 0.2) is 11.7 Å². The minimum absolute atomic E-state index is 0.0372. The van der Waals surface area contributed by atoms with Crippen LogP contribution in [-0.4, -0.2) is 66.4 Å². The summed E-state index contributed by atoms with van der Waals surface area (Å²) in [7, 11) is 2.07. The number of likely N-dealkylation sites (N-methyl/N-ethyl adjacent to an activating group) is 1. The Morgan fingerprint density at radius 2 is 1.82 bits per heavy atom. The first-order valence-electron chi connectivity index (χ1n) is 11.5. The fourth-order valence-corrected chi connectivity index (χ4v) is 4.88. The van der Waals surface area contributed by atoms with Crippen LogP contribution in [0.15, 0.2) is 36.4 Å². The Balaban J connectivity index is 1.41. The Bertz CT molecular complexity index is 1210. The minimum Gasteiger partial charge on any atom is -0.483 e. The minimum atomic E-state index is -0.270. The van der Waals surface area contributed by atoms with Crippen LogP contribution in [0.5, 0.6) is 5.75 Å². The zero-order chi connectivity index (χ0) is 24.5. The van der Waals surface area contributed by atoms with Gasteiger partial charge in [-0.2, -0.15) is 0 Å². The summed E-state index contributed by atoms with van der Waals surface area (Å²) < 4.78 is 6.73. The van der Waals surface area contributed by atoms with Gasteiger partial charge in [0, 0.05) is 31.7 Å². The van der Waals surface area contributed by atoms with Gasteiger partial charge in [-0.1, -0.05) is 49.8 Å². The van der Waals surface area contributed by atoms with Gasteiger partial charge in [-0.05, 0) is 49.2 Å². The van der Waals surface area contributed by atoms with Crippen LogP contribution < -0.4 is 10.1 Å². The Kier molecular flexibility index (Phi) is 6.91. The molecular formula is C26H32N4O3S. The smallest absolute Gasteiger partial charge is 0.264 e. The molecule has 8 heteroatoms. The number of rotatable bonds is 5. The number of fused-ring (bicyclic) bond motifs is 1. The first-order valence-corrected chi connectivity index (χ1v) is 12.3. The van der Waals surface area contributed by atoms with Gasteiger partial charge >= 0.3 is 0 Å². The lowest BCUT2D eigenvalue weighted by molar-refractivity contribution is -0.118. The molecule has 0 spiro atoms. The summed E-state index contributed by atoms with van der Waals surface area (Å²) in [6.45, 7) is 11.5. The number of benzene rings is 2. The van der Waals surface area contributed by atoms with E-state index < -0.39 is 0 Å². The number of carbonyl (C=O) groups excluding carboxylic acids is 2. The molecule has 1 saturated heterocycles. The number of amides is 2. The number of hydrogen-bond acceptors (Lipinski definition) is 6. The van der Waals surface area contributed by atoms with Gasteiger partial charge in [-0.3, -0.25) is 14.9 Å². The van der Waals surface area contributed by atoms with E-state index in [1.807, 2.05) is 42.2 Å². The van der Waals surface area contributed by atoms with Gasteiger partial charge < -0.3 is 14.5 Å². The molecule has 1 aromatic heterocycles. The van der Waals surface area contributed by atoms with Gasteiger partial charge in [0.05, 0.1) is 10.2 Å². The van der Waals surface area contributed by atoms with Gasteiger partial charge in [-0.25, -0.2) is 4.98 Å². The second-order valence-electron chi connectivity index (χ2n) is 9.88. The molecule has 7 nitrogen and oxygen atoms in total. The summed E-state index contributed by atoms with van der Waals surface area (Å²) >= 11 is 1.36. The number of aromatic nitrogens is 1. The largest absolute Gasteiger partial charge is 0.483 e. The molecule has 3 aromatic rings. The molecule has 2 aromatic carbocycles. The number of ether oxygens (including phenoxy) is 1. The van der Waals surface area contributed by atoms with Crippen molar-refractivity contribution in [2.45, 2.75) is 33.1 Å². The molecule has 1 N–H and O–H groups in total. The molecule has 0 radical (unpaired) electrons. The van der Waals surface area contributed by atoms with Crippen molar-refractivity contribution in [3.63, 3.8) is 0 Å². The van der Waals surface area contributed by atoms with Gasteiger partial charge in [0.25, 0.3) is 11.8 Å². The van der Waals surface area contributed by atoms with E-state index >= 15 is 0 Å². The van der Waals surface area contributed by atoms with Crippen LogP contribution in [0, 0.1) is 6.92 Å². The highest BCUT2D eigenvalue weighted by atomic mass is 32.1. The van der Waals surface area contributed by atoms with Crippen LogP contribution in [0.1, 0.15) is 42.3 Å². The standard InChI is InChI=1S/C26H32N4O3S/c1-17-6-9-21(19(14-17)26(2,3)4)33-16-23(31)28-25-27-20-8-7-18(15-22(20)34-25)24(32)30-12-10-29(5)11-13-30/h6-9,14-15H,10-13,16H2,1-5H3,(H,27,28,31). The third-order valence-electron chi connectivity index (χ3n) is 5.97. The number of nitrogens with zero attached hydrogens (tertiary/aromatic N) is 3. The van der Waals surface area contributed by atoms with Crippen LogP contribution in [0.4, 0.5) is 5.13 Å². The zero-order valence-electron chi connectivity index (χ0n) is 20.5. The topological polar surface area (TPSA) is 74.8 Å². The SMILES string of the molecule is Cc1ccc(OCC(=O)Nc2nc3ccc(C(=O)N4CCN(C)CC4)cc3s2)c(C(C)(C)C)c1. The monoisotopic (exact) mass is 480 g/mol. The number of piperazine rings is 1. The lowest BCUT2D eigenvalue weighted by Crippen LogP contribution is -2.47. The highest BCUT2D eigenvalue weighted by Gasteiger charge is 2.22. The van der Waals surface area contributed by atoms with Crippen molar-refractivity contribution in [2.75, 3.05) is 45.2 Å². The highest BCUT2D eigenvalue weighted by Crippen LogP contribution is 2.32. The van der Waals surface area contributed by atoms with Gasteiger partial charge in [0.1, 0.15) is 5.75 Å². The second-order valence-corrected chi connectivity index (χ2v) is 10.9. The molecule has 0 bridgehead atoms. The second kappa shape index (κ2) is 9.72. The zero-order valence-corrected chi connectivity index (χ0v) is 21.3. The van der Waals surface area contributed by atoms with E-state index in [9.17, 15) is 9.59 Å². The van der Waals surface area contributed by atoms with Crippen molar-refractivity contribution < 1.29 is 14.3 Å². The van der Waals surface area contributed by atoms with Gasteiger partial charge in [-0.15, -0.1) is 0 Å². The van der Waals surface area contributed by atoms with Crippen molar-refractivity contribution in [1.82, 2.24) is 14.8 Å². The molecule has 0 unspecified atom stereocenters. The summed E-state index contributed by atoms with van der Waals surface area (Å²) in [5.41, 5.74) is 3.53. The lowest BCUT2D eigenvalue weighted by atomic mass is 9.85.